The molecule has 3 heteroatoms. The van der Waals surface area contributed by atoms with Crippen molar-refractivity contribution in [2.45, 2.75) is 26.2 Å². The Morgan fingerprint density at radius 1 is 1.25 bits per heavy atom. The summed E-state index contributed by atoms with van der Waals surface area (Å²) in [4.78, 5) is 3.82. The van der Waals surface area contributed by atoms with Crippen LogP contribution in [0.2, 0.25) is 0 Å². The van der Waals surface area contributed by atoms with Gasteiger partial charge in [-0.25, -0.2) is 8.78 Å². The van der Waals surface area contributed by atoms with E-state index >= 15 is 0 Å². The van der Waals surface area contributed by atoms with Crippen LogP contribution >= 0.6 is 0 Å². The summed E-state index contributed by atoms with van der Waals surface area (Å²) in [5, 5.41) is 0. The Balaban J connectivity index is 3.09. The lowest BCUT2D eigenvalue weighted by Gasteiger charge is -2.10. The summed E-state index contributed by atoms with van der Waals surface area (Å²) >= 11 is 0. The van der Waals surface area contributed by atoms with Gasteiger partial charge < -0.3 is 0 Å². The van der Waals surface area contributed by atoms with Gasteiger partial charge >= 0.3 is 0 Å². The molecule has 1 rings (SSSR count). The fourth-order valence-electron chi connectivity index (χ4n) is 1.10. The third-order valence-electron chi connectivity index (χ3n) is 1.74. The lowest BCUT2D eigenvalue weighted by atomic mass is 10.0. The van der Waals surface area contributed by atoms with Gasteiger partial charge in [-0.3, -0.25) is 4.98 Å². The molecule has 1 heterocycles. The maximum atomic E-state index is 12.4. The summed E-state index contributed by atoms with van der Waals surface area (Å²) in [5.74, 6) is 0.0997. The molecule has 1 aromatic rings. The highest BCUT2D eigenvalue weighted by Crippen LogP contribution is 2.26. The van der Waals surface area contributed by atoms with Gasteiger partial charge in [0.05, 0.1) is 0 Å². The van der Waals surface area contributed by atoms with Crippen LogP contribution in [0.1, 0.15) is 37.3 Å². The van der Waals surface area contributed by atoms with Crippen LogP contribution in [0.5, 0.6) is 0 Å². The Morgan fingerprint density at radius 3 is 2.33 bits per heavy atom. The van der Waals surface area contributed by atoms with E-state index in [1.807, 2.05) is 13.8 Å². The lowest BCUT2D eigenvalue weighted by molar-refractivity contribution is 0.149. The Hall–Kier alpha value is -0.990. The highest BCUT2D eigenvalue weighted by atomic mass is 19.3. The summed E-state index contributed by atoms with van der Waals surface area (Å²) in [6.45, 7) is 3.76. The molecule has 0 amide bonds. The molecule has 0 N–H and O–H groups in total. The standard InChI is InChI=1S/C9H11F2N/c1-6(2)8-5-12-4-3-7(8)9(10)11/h3-6,9H,1-2H3. The zero-order chi connectivity index (χ0) is 9.14. The first-order valence-electron chi connectivity index (χ1n) is 3.85. The van der Waals surface area contributed by atoms with Crippen molar-refractivity contribution in [2.75, 3.05) is 0 Å². The fraction of sp³-hybridized carbons (Fsp3) is 0.444. The van der Waals surface area contributed by atoms with Crippen molar-refractivity contribution in [1.82, 2.24) is 4.98 Å². The van der Waals surface area contributed by atoms with Gasteiger partial charge in [-0.15, -0.1) is 0 Å². The molecule has 0 unspecified atom stereocenters. The lowest BCUT2D eigenvalue weighted by Crippen LogP contribution is -1.97. The highest BCUT2D eigenvalue weighted by Gasteiger charge is 2.14. The van der Waals surface area contributed by atoms with Crippen molar-refractivity contribution >= 4 is 0 Å². The van der Waals surface area contributed by atoms with Gasteiger partial charge in [-0.1, -0.05) is 13.8 Å². The van der Waals surface area contributed by atoms with Gasteiger partial charge in [0, 0.05) is 18.0 Å². The maximum absolute atomic E-state index is 12.4. The number of alkyl halides is 2. The van der Waals surface area contributed by atoms with E-state index in [4.69, 9.17) is 0 Å². The SMILES string of the molecule is CC(C)c1cnccc1C(F)F. The first-order valence-corrected chi connectivity index (χ1v) is 3.85. The monoisotopic (exact) mass is 171 g/mol. The summed E-state index contributed by atoms with van der Waals surface area (Å²) in [6.07, 6.45) is 0.505. The molecule has 0 saturated carbocycles. The molecule has 0 aromatic carbocycles. The minimum absolute atomic E-state index is 0.0972. The van der Waals surface area contributed by atoms with Crippen LogP contribution < -0.4 is 0 Å². The molecule has 0 spiro atoms. The highest BCUT2D eigenvalue weighted by molar-refractivity contribution is 5.26. The van der Waals surface area contributed by atoms with Crippen molar-refractivity contribution < 1.29 is 8.78 Å². The van der Waals surface area contributed by atoms with E-state index in [2.05, 4.69) is 4.98 Å². The summed E-state index contributed by atoms with van der Waals surface area (Å²) < 4.78 is 24.7. The fourth-order valence-corrected chi connectivity index (χ4v) is 1.10. The molecule has 0 aliphatic carbocycles. The van der Waals surface area contributed by atoms with Crippen molar-refractivity contribution in [2.24, 2.45) is 0 Å². The van der Waals surface area contributed by atoms with Gasteiger partial charge in [0.2, 0.25) is 0 Å². The van der Waals surface area contributed by atoms with E-state index in [9.17, 15) is 8.78 Å². The molecule has 66 valence electrons. The molecule has 0 fully saturated rings. The van der Waals surface area contributed by atoms with Crippen molar-refractivity contribution in [1.29, 1.82) is 0 Å². The molecule has 0 radical (unpaired) electrons. The zero-order valence-electron chi connectivity index (χ0n) is 7.09. The Morgan fingerprint density at radius 2 is 1.92 bits per heavy atom. The van der Waals surface area contributed by atoms with Gasteiger partial charge in [0.1, 0.15) is 0 Å². The van der Waals surface area contributed by atoms with Crippen LogP contribution in [-0.4, -0.2) is 4.98 Å². The molecule has 0 bridgehead atoms. The smallest absolute Gasteiger partial charge is 0.264 e. The molecule has 0 aliphatic heterocycles. The number of pyridine rings is 1. The quantitative estimate of drug-likeness (QED) is 0.666. The van der Waals surface area contributed by atoms with Crippen LogP contribution in [-0.2, 0) is 0 Å². The van der Waals surface area contributed by atoms with Crippen molar-refractivity contribution in [3.63, 3.8) is 0 Å². The number of halogens is 2. The molecule has 0 aliphatic rings. The maximum Gasteiger partial charge on any atom is 0.264 e. The van der Waals surface area contributed by atoms with Crippen LogP contribution in [0.15, 0.2) is 18.5 Å². The number of aromatic nitrogens is 1. The van der Waals surface area contributed by atoms with Gasteiger partial charge in [-0.05, 0) is 17.5 Å². The summed E-state index contributed by atoms with van der Waals surface area (Å²) in [5.41, 5.74) is 0.729. The van der Waals surface area contributed by atoms with E-state index in [1.54, 1.807) is 0 Å². The van der Waals surface area contributed by atoms with E-state index in [-0.39, 0.29) is 11.5 Å². The van der Waals surface area contributed by atoms with Crippen LogP contribution in [0, 0.1) is 0 Å². The third kappa shape index (κ3) is 1.78. The van der Waals surface area contributed by atoms with E-state index in [0.717, 1.165) is 0 Å². The van der Waals surface area contributed by atoms with Crippen molar-refractivity contribution in [3.8, 4) is 0 Å². The predicted molar refractivity (Wildman–Crippen MR) is 43.3 cm³/mol. The van der Waals surface area contributed by atoms with Crippen molar-refractivity contribution in [3.05, 3.63) is 29.6 Å². The van der Waals surface area contributed by atoms with Crippen LogP contribution in [0.4, 0.5) is 8.78 Å². The Labute approximate surface area is 70.4 Å². The first kappa shape index (κ1) is 9.10. The van der Waals surface area contributed by atoms with Gasteiger partial charge in [-0.2, -0.15) is 0 Å². The molecule has 1 aromatic heterocycles. The molecular formula is C9H11F2N. The Kier molecular flexibility index (Phi) is 2.74. The average Bonchev–Trinajstić information content (AvgIpc) is 2.04. The normalized spacial score (nSPS) is 11.2. The predicted octanol–water partition coefficient (Wildman–Crippen LogP) is 3.14. The van der Waals surface area contributed by atoms with Gasteiger partial charge in [0.25, 0.3) is 6.43 Å². The number of hydrogen-bond donors (Lipinski definition) is 0. The van der Waals surface area contributed by atoms with Gasteiger partial charge in [0.15, 0.2) is 0 Å². The minimum atomic E-state index is -2.40. The number of rotatable bonds is 2. The largest absolute Gasteiger partial charge is 0.264 e. The second-order valence-corrected chi connectivity index (χ2v) is 2.96. The molecule has 0 saturated heterocycles. The van der Waals surface area contributed by atoms with Crippen LogP contribution in [0.25, 0.3) is 0 Å². The second-order valence-electron chi connectivity index (χ2n) is 2.96. The summed E-state index contributed by atoms with van der Waals surface area (Å²) in [7, 11) is 0. The Bertz CT molecular complexity index is 231. The zero-order valence-corrected chi connectivity index (χ0v) is 7.09. The molecule has 1 nitrogen and oxygen atoms in total. The third-order valence-corrected chi connectivity index (χ3v) is 1.74. The average molecular weight is 171 g/mol. The molecular weight excluding hydrogens is 160 g/mol. The molecule has 12 heavy (non-hydrogen) atoms. The number of nitrogens with zero attached hydrogens (tertiary/aromatic N) is 1. The molecule has 0 atom stereocenters. The van der Waals surface area contributed by atoms with Crippen LogP contribution in [0.3, 0.4) is 0 Å². The first-order chi connectivity index (χ1) is 5.63. The second kappa shape index (κ2) is 3.61. The summed E-state index contributed by atoms with van der Waals surface area (Å²) in [6, 6.07) is 1.38. The van der Waals surface area contributed by atoms with E-state index in [1.165, 1.54) is 18.5 Å². The topological polar surface area (TPSA) is 12.9 Å². The minimum Gasteiger partial charge on any atom is -0.264 e. The van der Waals surface area contributed by atoms with E-state index in [0.29, 0.717) is 5.56 Å². The van der Waals surface area contributed by atoms with E-state index < -0.39 is 6.43 Å². The number of hydrogen-bond acceptors (Lipinski definition) is 1.